The smallest absolute Gasteiger partial charge is 0.0972 e. The largest absolute Gasteiger partial charge is 0.393 e. The molecule has 0 aromatic heterocycles. The Bertz CT molecular complexity index is 207. The van der Waals surface area contributed by atoms with Crippen molar-refractivity contribution in [2.75, 3.05) is 24.7 Å². The van der Waals surface area contributed by atoms with Gasteiger partial charge in [-0.2, -0.15) is 11.8 Å². The first-order valence-corrected chi connectivity index (χ1v) is 6.64. The van der Waals surface area contributed by atoms with E-state index in [1.54, 1.807) is 6.92 Å². The molecule has 15 heavy (non-hydrogen) atoms. The van der Waals surface area contributed by atoms with Crippen LogP contribution in [0.25, 0.3) is 0 Å². The maximum Gasteiger partial charge on any atom is 0.0972 e. The van der Waals surface area contributed by atoms with Crippen LogP contribution in [-0.4, -0.2) is 46.5 Å². The molecule has 0 bridgehead atoms. The molecule has 1 rings (SSSR count). The van der Waals surface area contributed by atoms with Crippen molar-refractivity contribution in [1.29, 1.82) is 0 Å². The molecule has 4 heteroatoms. The normalized spacial score (nSPS) is 29.8. The first-order valence-electron chi connectivity index (χ1n) is 5.49. The fourth-order valence-corrected chi connectivity index (χ4v) is 3.12. The fraction of sp³-hybridized carbons (Fsp3) is 1.00. The molecule has 3 N–H and O–H groups in total. The lowest BCUT2D eigenvalue weighted by Crippen LogP contribution is -2.48. The zero-order valence-corrected chi connectivity index (χ0v) is 10.7. The Kier molecular flexibility index (Phi) is 4.47. The van der Waals surface area contributed by atoms with Gasteiger partial charge >= 0.3 is 0 Å². The highest BCUT2D eigenvalue weighted by Crippen LogP contribution is 2.33. The number of aliphatic hydroxyl groups excluding tert-OH is 1. The Hall–Kier alpha value is 0.230. The second-order valence-corrected chi connectivity index (χ2v) is 6.65. The molecule has 2 unspecified atom stereocenters. The molecule has 1 saturated heterocycles. The first-order chi connectivity index (χ1) is 6.85. The molecule has 1 fully saturated rings. The Labute approximate surface area is 96.6 Å². The molecular formula is C11H23NO2S. The van der Waals surface area contributed by atoms with Crippen LogP contribution in [0.3, 0.4) is 0 Å². The number of thioether (sulfide) groups is 1. The van der Waals surface area contributed by atoms with Crippen molar-refractivity contribution in [2.45, 2.75) is 38.8 Å². The summed E-state index contributed by atoms with van der Waals surface area (Å²) in [6, 6.07) is 0.455. The zero-order chi connectivity index (χ0) is 11.5. The van der Waals surface area contributed by atoms with Crippen LogP contribution in [0.4, 0.5) is 0 Å². The van der Waals surface area contributed by atoms with Crippen molar-refractivity contribution in [3.63, 3.8) is 0 Å². The molecule has 2 atom stereocenters. The van der Waals surface area contributed by atoms with Crippen molar-refractivity contribution in [3.05, 3.63) is 0 Å². The summed E-state index contributed by atoms with van der Waals surface area (Å²) < 4.78 is 0. The van der Waals surface area contributed by atoms with E-state index in [0.29, 0.717) is 18.0 Å². The number of hydrogen-bond donors (Lipinski definition) is 3. The number of aliphatic hydroxyl groups is 2. The van der Waals surface area contributed by atoms with Crippen LogP contribution in [0, 0.1) is 5.41 Å². The standard InChI is InChI=1S/C11H23NO2S/c1-10(2)4-9(5-15-8-10)12-6-11(3,14)7-13/h9,12-14H,4-8H2,1-3H3. The monoisotopic (exact) mass is 233 g/mol. The minimum absolute atomic E-state index is 0.191. The van der Waals surface area contributed by atoms with Gasteiger partial charge in [0.25, 0.3) is 0 Å². The van der Waals surface area contributed by atoms with E-state index in [9.17, 15) is 5.11 Å². The van der Waals surface area contributed by atoms with Gasteiger partial charge in [-0.25, -0.2) is 0 Å². The second kappa shape index (κ2) is 5.04. The van der Waals surface area contributed by atoms with E-state index >= 15 is 0 Å². The van der Waals surface area contributed by atoms with E-state index < -0.39 is 5.60 Å². The summed E-state index contributed by atoms with van der Waals surface area (Å²) in [5.74, 6) is 2.31. The third-order valence-electron chi connectivity index (χ3n) is 2.72. The van der Waals surface area contributed by atoms with Gasteiger partial charge in [0.2, 0.25) is 0 Å². The molecular weight excluding hydrogens is 210 g/mol. The highest BCUT2D eigenvalue weighted by Gasteiger charge is 2.29. The molecule has 0 amide bonds. The van der Waals surface area contributed by atoms with Crippen LogP contribution < -0.4 is 5.32 Å². The van der Waals surface area contributed by atoms with Gasteiger partial charge in [-0.3, -0.25) is 0 Å². The Morgan fingerprint density at radius 2 is 2.20 bits per heavy atom. The number of hydrogen-bond acceptors (Lipinski definition) is 4. The summed E-state index contributed by atoms with van der Waals surface area (Å²) in [6.07, 6.45) is 1.14. The average Bonchev–Trinajstić information content (AvgIpc) is 2.14. The SMILES string of the molecule is CC1(C)CSCC(NCC(C)(O)CO)C1. The molecule has 0 aliphatic carbocycles. The van der Waals surface area contributed by atoms with Crippen molar-refractivity contribution >= 4 is 11.8 Å². The van der Waals surface area contributed by atoms with Gasteiger partial charge in [0.15, 0.2) is 0 Å². The highest BCUT2D eigenvalue weighted by atomic mass is 32.2. The topological polar surface area (TPSA) is 52.5 Å². The molecule has 0 radical (unpaired) electrons. The van der Waals surface area contributed by atoms with E-state index in [4.69, 9.17) is 5.11 Å². The van der Waals surface area contributed by atoms with Gasteiger partial charge in [0.05, 0.1) is 12.2 Å². The minimum Gasteiger partial charge on any atom is -0.393 e. The molecule has 3 nitrogen and oxygen atoms in total. The maximum absolute atomic E-state index is 9.66. The van der Waals surface area contributed by atoms with Crippen LogP contribution in [0.5, 0.6) is 0 Å². The van der Waals surface area contributed by atoms with Crippen LogP contribution in [0.15, 0.2) is 0 Å². The van der Waals surface area contributed by atoms with Crippen LogP contribution in [-0.2, 0) is 0 Å². The van der Waals surface area contributed by atoms with E-state index in [-0.39, 0.29) is 6.61 Å². The maximum atomic E-state index is 9.66. The zero-order valence-electron chi connectivity index (χ0n) is 9.92. The Morgan fingerprint density at radius 3 is 2.73 bits per heavy atom. The van der Waals surface area contributed by atoms with Crippen LogP contribution in [0.2, 0.25) is 0 Å². The van der Waals surface area contributed by atoms with Gasteiger partial charge in [0, 0.05) is 18.3 Å². The predicted octanol–water partition coefficient (Wildman–Crippen LogP) is 0.851. The Balaban J connectivity index is 2.33. The van der Waals surface area contributed by atoms with E-state index in [2.05, 4.69) is 19.2 Å². The average molecular weight is 233 g/mol. The van der Waals surface area contributed by atoms with Crippen molar-refractivity contribution in [2.24, 2.45) is 5.41 Å². The summed E-state index contributed by atoms with van der Waals surface area (Å²) in [6.45, 7) is 6.48. The molecule has 1 aliphatic rings. The van der Waals surface area contributed by atoms with Crippen LogP contribution >= 0.6 is 11.8 Å². The van der Waals surface area contributed by atoms with E-state index in [1.807, 2.05) is 11.8 Å². The summed E-state index contributed by atoms with van der Waals surface area (Å²) in [7, 11) is 0. The van der Waals surface area contributed by atoms with Gasteiger partial charge in [-0.1, -0.05) is 13.8 Å². The highest BCUT2D eigenvalue weighted by molar-refractivity contribution is 7.99. The lowest BCUT2D eigenvalue weighted by atomic mass is 9.87. The summed E-state index contributed by atoms with van der Waals surface area (Å²) >= 11 is 1.96. The summed E-state index contributed by atoms with van der Waals surface area (Å²) in [4.78, 5) is 0. The number of rotatable bonds is 4. The van der Waals surface area contributed by atoms with E-state index in [1.165, 1.54) is 5.75 Å². The molecule has 0 saturated carbocycles. The Morgan fingerprint density at radius 1 is 1.53 bits per heavy atom. The molecule has 0 aromatic carbocycles. The first kappa shape index (κ1) is 13.3. The third-order valence-corrected chi connectivity index (χ3v) is 4.35. The minimum atomic E-state index is -0.994. The van der Waals surface area contributed by atoms with Gasteiger partial charge in [-0.15, -0.1) is 0 Å². The third kappa shape index (κ3) is 4.72. The molecule has 0 aromatic rings. The fourth-order valence-electron chi connectivity index (χ4n) is 1.81. The van der Waals surface area contributed by atoms with Crippen LogP contribution in [0.1, 0.15) is 27.2 Å². The van der Waals surface area contributed by atoms with Crippen molar-refractivity contribution in [3.8, 4) is 0 Å². The van der Waals surface area contributed by atoms with Crippen molar-refractivity contribution in [1.82, 2.24) is 5.32 Å². The molecule has 1 aliphatic heterocycles. The summed E-state index contributed by atoms with van der Waals surface area (Å²) in [5, 5.41) is 21.9. The van der Waals surface area contributed by atoms with E-state index in [0.717, 1.165) is 12.2 Å². The van der Waals surface area contributed by atoms with Gasteiger partial charge in [0.1, 0.15) is 0 Å². The second-order valence-electron chi connectivity index (χ2n) is 5.62. The summed E-state index contributed by atoms with van der Waals surface area (Å²) in [5.41, 5.74) is -0.613. The lowest BCUT2D eigenvalue weighted by molar-refractivity contribution is 0.000303. The molecule has 1 heterocycles. The lowest BCUT2D eigenvalue weighted by Gasteiger charge is -2.36. The molecule has 0 spiro atoms. The predicted molar refractivity (Wildman–Crippen MR) is 65.2 cm³/mol. The molecule has 90 valence electrons. The van der Waals surface area contributed by atoms with Gasteiger partial charge in [-0.05, 0) is 24.5 Å². The quantitative estimate of drug-likeness (QED) is 0.674. The van der Waals surface area contributed by atoms with Gasteiger partial charge < -0.3 is 15.5 Å². The van der Waals surface area contributed by atoms with Crippen molar-refractivity contribution < 1.29 is 10.2 Å². The number of nitrogens with one attached hydrogen (secondary N) is 1.